The highest BCUT2D eigenvalue weighted by molar-refractivity contribution is 7.70. The highest BCUT2D eigenvalue weighted by Gasteiger charge is 2.11. The van der Waals surface area contributed by atoms with Gasteiger partial charge in [-0.25, -0.2) is 0 Å². The van der Waals surface area contributed by atoms with E-state index in [2.05, 4.69) is 0 Å². The number of nitrogen functional groups attached to an aromatic ring is 1. The largest absolute Gasteiger partial charge is 0.399 e. The van der Waals surface area contributed by atoms with Crippen molar-refractivity contribution in [3.05, 3.63) is 23.8 Å². The van der Waals surface area contributed by atoms with Crippen LogP contribution in [0.25, 0.3) is 0 Å². The van der Waals surface area contributed by atoms with Gasteiger partial charge in [0.25, 0.3) is 0 Å². The Balaban J connectivity index is 0.00000169. The molecule has 0 saturated heterocycles. The van der Waals surface area contributed by atoms with Gasteiger partial charge in [0.2, 0.25) is 0 Å². The zero-order valence-electron chi connectivity index (χ0n) is 8.78. The van der Waals surface area contributed by atoms with Crippen molar-refractivity contribution in [1.82, 2.24) is 0 Å². The molecule has 0 aliphatic rings. The fourth-order valence-electron chi connectivity index (χ4n) is 1.23. The van der Waals surface area contributed by atoms with Crippen LogP contribution in [-0.2, 0) is 11.0 Å². The van der Waals surface area contributed by atoms with Crippen LogP contribution in [0, 0.1) is 0 Å². The average Bonchev–Trinajstić information content (AvgIpc) is 2.03. The number of benzene rings is 1. The van der Waals surface area contributed by atoms with Crippen LogP contribution in [0.2, 0.25) is 0 Å². The predicted octanol–water partition coefficient (Wildman–Crippen LogP) is 2.50. The van der Waals surface area contributed by atoms with Crippen LogP contribution < -0.4 is 11.0 Å². The van der Waals surface area contributed by atoms with Crippen LogP contribution in [0.3, 0.4) is 0 Å². The second-order valence-electron chi connectivity index (χ2n) is 3.59. The number of hydrogen-bond acceptors (Lipinski definition) is 2. The Bertz CT molecular complexity index is 359. The van der Waals surface area contributed by atoms with Crippen molar-refractivity contribution in [3.8, 4) is 0 Å². The first-order valence-corrected chi connectivity index (χ1v) is 6.99. The lowest BCUT2D eigenvalue weighted by atomic mass is 10.1. The summed E-state index contributed by atoms with van der Waals surface area (Å²) in [5, 5.41) is 0.915. The first-order chi connectivity index (χ1) is 5.95. The van der Waals surface area contributed by atoms with E-state index in [9.17, 15) is 4.57 Å². The molecule has 2 N–H and O–H groups in total. The molecule has 0 aromatic heterocycles. The fourth-order valence-corrected chi connectivity index (χ4v) is 2.13. The second kappa shape index (κ2) is 4.86. The fraction of sp³-hybridized carbons (Fsp3) is 0.400. The van der Waals surface area contributed by atoms with Crippen molar-refractivity contribution in [1.29, 1.82) is 0 Å². The summed E-state index contributed by atoms with van der Waals surface area (Å²) in [5.74, 6) is 0. The van der Waals surface area contributed by atoms with Gasteiger partial charge in [0.05, 0.1) is 0 Å². The molecule has 0 atom stereocenters. The van der Waals surface area contributed by atoms with Crippen LogP contribution in [0.15, 0.2) is 18.2 Å². The van der Waals surface area contributed by atoms with Crippen molar-refractivity contribution in [3.63, 3.8) is 0 Å². The maximum Gasteiger partial charge on any atom is 0.109 e. The number of halogens is 1. The molecule has 1 aromatic carbocycles. The van der Waals surface area contributed by atoms with Gasteiger partial charge in [-0.1, -0.05) is 6.92 Å². The molecule has 4 heteroatoms. The Labute approximate surface area is 91.7 Å². The Hall–Kier alpha value is -0.460. The van der Waals surface area contributed by atoms with Crippen molar-refractivity contribution in [2.24, 2.45) is 0 Å². The van der Waals surface area contributed by atoms with E-state index in [-0.39, 0.29) is 12.4 Å². The monoisotopic (exact) mass is 233 g/mol. The van der Waals surface area contributed by atoms with Crippen LogP contribution in [0.5, 0.6) is 0 Å². The minimum atomic E-state index is -2.13. The van der Waals surface area contributed by atoms with E-state index in [1.54, 1.807) is 13.3 Å². The molecule has 14 heavy (non-hydrogen) atoms. The lowest BCUT2D eigenvalue weighted by Gasteiger charge is -2.10. The van der Waals surface area contributed by atoms with Crippen molar-refractivity contribution < 1.29 is 4.57 Å². The van der Waals surface area contributed by atoms with E-state index in [0.29, 0.717) is 0 Å². The molecule has 1 aromatic rings. The molecule has 0 aliphatic carbocycles. The Morgan fingerprint density at radius 1 is 1.36 bits per heavy atom. The van der Waals surface area contributed by atoms with Crippen molar-refractivity contribution in [2.45, 2.75) is 13.3 Å². The maximum absolute atomic E-state index is 11.8. The van der Waals surface area contributed by atoms with Gasteiger partial charge < -0.3 is 10.3 Å². The van der Waals surface area contributed by atoms with Gasteiger partial charge >= 0.3 is 0 Å². The molecule has 0 heterocycles. The molecule has 0 radical (unpaired) electrons. The quantitative estimate of drug-likeness (QED) is 0.630. The smallest absolute Gasteiger partial charge is 0.109 e. The first-order valence-electron chi connectivity index (χ1n) is 4.39. The van der Waals surface area contributed by atoms with Crippen molar-refractivity contribution in [2.75, 3.05) is 19.1 Å². The zero-order chi connectivity index (χ0) is 10.1. The van der Waals surface area contributed by atoms with Crippen LogP contribution in [-0.4, -0.2) is 13.3 Å². The van der Waals surface area contributed by atoms with Crippen LogP contribution in [0.4, 0.5) is 5.69 Å². The summed E-state index contributed by atoms with van der Waals surface area (Å²) in [6.45, 7) is 5.60. The van der Waals surface area contributed by atoms with Gasteiger partial charge in [0, 0.05) is 11.0 Å². The molecule has 0 saturated carbocycles. The summed E-state index contributed by atoms with van der Waals surface area (Å²) in [5.41, 5.74) is 7.63. The highest BCUT2D eigenvalue weighted by Crippen LogP contribution is 2.35. The topological polar surface area (TPSA) is 43.1 Å². The lowest BCUT2D eigenvalue weighted by molar-refractivity contribution is 0.588. The summed E-state index contributed by atoms with van der Waals surface area (Å²) < 4.78 is 11.8. The normalized spacial score (nSPS) is 10.8. The minimum Gasteiger partial charge on any atom is -0.399 e. The van der Waals surface area contributed by atoms with Crippen LogP contribution in [0.1, 0.15) is 12.5 Å². The van der Waals surface area contributed by atoms with Gasteiger partial charge in [0.1, 0.15) is 7.14 Å². The third-order valence-electron chi connectivity index (χ3n) is 2.13. The summed E-state index contributed by atoms with van der Waals surface area (Å²) >= 11 is 0. The number of rotatable bonds is 2. The molecule has 0 spiro atoms. The Morgan fingerprint density at radius 3 is 2.36 bits per heavy atom. The van der Waals surface area contributed by atoms with E-state index < -0.39 is 7.14 Å². The Morgan fingerprint density at radius 2 is 1.93 bits per heavy atom. The molecule has 1 rings (SSSR count). The predicted molar refractivity (Wildman–Crippen MR) is 66.6 cm³/mol. The summed E-state index contributed by atoms with van der Waals surface area (Å²) in [4.78, 5) is 0. The minimum absolute atomic E-state index is 0. The molecule has 80 valence electrons. The standard InChI is InChI=1S/C10H16NOP.ClH/c1-4-8-7-9(13(2,3)12)5-6-10(8)11;/h5-7H,4,11H2,1-3H3;1H. The molecule has 0 amide bonds. The van der Waals surface area contributed by atoms with E-state index in [0.717, 1.165) is 23.0 Å². The third kappa shape index (κ3) is 3.04. The number of hydrogen-bond donors (Lipinski definition) is 1. The summed E-state index contributed by atoms with van der Waals surface area (Å²) in [6, 6.07) is 5.65. The van der Waals surface area contributed by atoms with Gasteiger partial charge in [-0.3, -0.25) is 0 Å². The zero-order valence-corrected chi connectivity index (χ0v) is 10.5. The van der Waals surface area contributed by atoms with E-state index in [1.807, 2.05) is 25.1 Å². The third-order valence-corrected chi connectivity index (χ3v) is 3.65. The van der Waals surface area contributed by atoms with Crippen molar-refractivity contribution >= 4 is 30.5 Å². The molecular weight excluding hydrogens is 217 g/mol. The molecule has 2 nitrogen and oxygen atoms in total. The number of aryl methyl sites for hydroxylation is 1. The first kappa shape index (κ1) is 13.5. The van der Waals surface area contributed by atoms with Gasteiger partial charge in [-0.05, 0) is 43.5 Å². The second-order valence-corrected chi connectivity index (χ2v) is 6.81. The van der Waals surface area contributed by atoms with Gasteiger partial charge in [-0.15, -0.1) is 12.4 Å². The van der Waals surface area contributed by atoms with E-state index in [1.165, 1.54) is 0 Å². The summed E-state index contributed by atoms with van der Waals surface area (Å²) in [7, 11) is -2.13. The average molecular weight is 234 g/mol. The SMILES string of the molecule is CCc1cc(P(C)(C)=O)ccc1N.Cl. The number of nitrogens with two attached hydrogens (primary N) is 1. The van der Waals surface area contributed by atoms with Crippen LogP contribution >= 0.6 is 19.5 Å². The Kier molecular flexibility index (Phi) is 4.70. The molecule has 0 bridgehead atoms. The van der Waals surface area contributed by atoms with Gasteiger partial charge in [-0.2, -0.15) is 0 Å². The molecule has 0 aliphatic heterocycles. The molecule has 0 fully saturated rings. The van der Waals surface area contributed by atoms with E-state index >= 15 is 0 Å². The van der Waals surface area contributed by atoms with E-state index in [4.69, 9.17) is 5.73 Å². The maximum atomic E-state index is 11.8. The van der Waals surface area contributed by atoms with Gasteiger partial charge in [0.15, 0.2) is 0 Å². The highest BCUT2D eigenvalue weighted by atomic mass is 35.5. The molecular formula is C10H17ClNOP. The lowest BCUT2D eigenvalue weighted by Crippen LogP contribution is -2.06. The molecule has 0 unspecified atom stereocenters. The number of anilines is 1. The summed E-state index contributed by atoms with van der Waals surface area (Å²) in [6.07, 6.45) is 0.889.